The third kappa shape index (κ3) is 2.98. The summed E-state index contributed by atoms with van der Waals surface area (Å²) in [5.41, 5.74) is 0. The zero-order valence-corrected chi connectivity index (χ0v) is 11.0. The predicted octanol–water partition coefficient (Wildman–Crippen LogP) is 2.78. The van der Waals surface area contributed by atoms with Crippen LogP contribution < -0.4 is 5.32 Å². The van der Waals surface area contributed by atoms with Crippen molar-refractivity contribution in [2.24, 2.45) is 0 Å². The summed E-state index contributed by atoms with van der Waals surface area (Å²) in [5, 5.41) is 3.43. The van der Waals surface area contributed by atoms with Crippen LogP contribution in [0.5, 0.6) is 0 Å². The van der Waals surface area contributed by atoms with Crippen molar-refractivity contribution in [3.8, 4) is 0 Å². The molecule has 1 saturated heterocycles. The third-order valence-corrected chi connectivity index (χ3v) is 4.68. The number of nitrogens with one attached hydrogen (secondary N) is 1. The Morgan fingerprint density at radius 1 is 0.938 bits per heavy atom. The van der Waals surface area contributed by atoms with Crippen LogP contribution in [0.25, 0.3) is 0 Å². The van der Waals surface area contributed by atoms with Gasteiger partial charge < -0.3 is 5.32 Å². The summed E-state index contributed by atoms with van der Waals surface area (Å²) in [7, 11) is 2.11. The van der Waals surface area contributed by atoms with Crippen molar-refractivity contribution in [1.82, 2.24) is 10.2 Å². The summed E-state index contributed by atoms with van der Waals surface area (Å²) in [4.78, 5) is 2.82. The van der Waals surface area contributed by atoms with Crippen LogP contribution in [0, 0.1) is 0 Å². The van der Waals surface area contributed by atoms with E-state index in [2.05, 4.69) is 24.2 Å². The smallest absolute Gasteiger partial charge is 0.00992 e. The SMILES string of the molecule is CNC1CCC(N2CCCCCC2C)CC1. The minimum atomic E-state index is 0.790. The van der Waals surface area contributed by atoms with Gasteiger partial charge in [-0.1, -0.05) is 12.8 Å². The van der Waals surface area contributed by atoms with Crippen molar-refractivity contribution >= 4 is 0 Å². The molecule has 2 rings (SSSR count). The molecule has 0 aromatic rings. The van der Waals surface area contributed by atoms with E-state index < -0.39 is 0 Å². The molecule has 0 bridgehead atoms. The van der Waals surface area contributed by atoms with Crippen LogP contribution >= 0.6 is 0 Å². The van der Waals surface area contributed by atoms with E-state index in [-0.39, 0.29) is 0 Å². The van der Waals surface area contributed by atoms with Crippen LogP contribution in [0.1, 0.15) is 58.3 Å². The van der Waals surface area contributed by atoms with Gasteiger partial charge in [0.25, 0.3) is 0 Å². The highest BCUT2D eigenvalue weighted by atomic mass is 15.2. The Hall–Kier alpha value is -0.0800. The van der Waals surface area contributed by atoms with Gasteiger partial charge in [0.1, 0.15) is 0 Å². The molecule has 2 heteroatoms. The molecule has 1 saturated carbocycles. The Labute approximate surface area is 101 Å². The fraction of sp³-hybridized carbons (Fsp3) is 1.00. The maximum Gasteiger partial charge on any atom is 0.00992 e. The molecule has 1 aliphatic carbocycles. The minimum absolute atomic E-state index is 0.790. The van der Waals surface area contributed by atoms with Crippen LogP contribution in [-0.4, -0.2) is 36.6 Å². The van der Waals surface area contributed by atoms with E-state index in [0.29, 0.717) is 0 Å². The molecule has 2 nitrogen and oxygen atoms in total. The van der Waals surface area contributed by atoms with Gasteiger partial charge in [0.05, 0.1) is 0 Å². The van der Waals surface area contributed by atoms with Crippen molar-refractivity contribution in [1.29, 1.82) is 0 Å². The molecule has 0 radical (unpaired) electrons. The summed E-state index contributed by atoms with van der Waals surface area (Å²) < 4.78 is 0. The molecule has 1 atom stereocenters. The molecule has 1 heterocycles. The minimum Gasteiger partial charge on any atom is -0.317 e. The highest BCUT2D eigenvalue weighted by molar-refractivity contribution is 4.85. The van der Waals surface area contributed by atoms with Crippen LogP contribution in [0.3, 0.4) is 0 Å². The molecule has 0 aromatic carbocycles. The summed E-state index contributed by atoms with van der Waals surface area (Å²) >= 11 is 0. The zero-order valence-electron chi connectivity index (χ0n) is 11.0. The Bertz CT molecular complexity index is 197. The van der Waals surface area contributed by atoms with Gasteiger partial charge in [0.2, 0.25) is 0 Å². The fourth-order valence-corrected chi connectivity index (χ4v) is 3.54. The summed E-state index contributed by atoms with van der Waals surface area (Å²) in [6, 6.07) is 2.51. The molecule has 0 amide bonds. The molecule has 16 heavy (non-hydrogen) atoms. The molecule has 2 aliphatic rings. The van der Waals surface area contributed by atoms with Crippen LogP contribution in [0.4, 0.5) is 0 Å². The van der Waals surface area contributed by atoms with Crippen LogP contribution in [-0.2, 0) is 0 Å². The average Bonchev–Trinajstić information content (AvgIpc) is 2.54. The zero-order chi connectivity index (χ0) is 11.4. The second-order valence-corrected chi connectivity index (χ2v) is 5.73. The third-order valence-electron chi connectivity index (χ3n) is 4.68. The average molecular weight is 224 g/mol. The van der Waals surface area contributed by atoms with Crippen molar-refractivity contribution in [3.05, 3.63) is 0 Å². The summed E-state index contributed by atoms with van der Waals surface area (Å²) in [6.45, 7) is 3.80. The normalized spacial score (nSPS) is 38.2. The maximum absolute atomic E-state index is 3.43. The molecule has 0 spiro atoms. The van der Waals surface area contributed by atoms with Crippen molar-refractivity contribution in [2.45, 2.75) is 76.4 Å². The Kier molecular flexibility index (Phi) is 4.66. The number of nitrogens with zero attached hydrogens (tertiary/aromatic N) is 1. The van der Waals surface area contributed by atoms with Gasteiger partial charge in [0, 0.05) is 18.1 Å². The van der Waals surface area contributed by atoms with Gasteiger partial charge in [0.15, 0.2) is 0 Å². The first-order valence-electron chi connectivity index (χ1n) is 7.24. The second-order valence-electron chi connectivity index (χ2n) is 5.73. The molecule has 0 aromatic heterocycles. The van der Waals surface area contributed by atoms with Crippen LogP contribution in [0.2, 0.25) is 0 Å². The quantitative estimate of drug-likeness (QED) is 0.776. The van der Waals surface area contributed by atoms with E-state index in [1.165, 1.54) is 57.9 Å². The molecular weight excluding hydrogens is 196 g/mol. The maximum atomic E-state index is 3.43. The highest BCUT2D eigenvalue weighted by Gasteiger charge is 2.28. The highest BCUT2D eigenvalue weighted by Crippen LogP contribution is 2.27. The van der Waals surface area contributed by atoms with Gasteiger partial charge >= 0.3 is 0 Å². The summed E-state index contributed by atoms with van der Waals surface area (Å²) in [5.74, 6) is 0. The molecule has 2 fully saturated rings. The monoisotopic (exact) mass is 224 g/mol. The molecule has 94 valence electrons. The lowest BCUT2D eigenvalue weighted by Crippen LogP contribution is -2.45. The topological polar surface area (TPSA) is 15.3 Å². The number of hydrogen-bond donors (Lipinski definition) is 1. The Balaban J connectivity index is 1.86. The van der Waals surface area contributed by atoms with E-state index in [9.17, 15) is 0 Å². The Morgan fingerprint density at radius 3 is 2.38 bits per heavy atom. The predicted molar refractivity (Wildman–Crippen MR) is 69.7 cm³/mol. The second kappa shape index (κ2) is 6.02. The van der Waals surface area contributed by atoms with E-state index in [1.54, 1.807) is 0 Å². The fourth-order valence-electron chi connectivity index (χ4n) is 3.54. The van der Waals surface area contributed by atoms with Crippen molar-refractivity contribution in [2.75, 3.05) is 13.6 Å². The van der Waals surface area contributed by atoms with E-state index in [4.69, 9.17) is 0 Å². The number of rotatable bonds is 2. The van der Waals surface area contributed by atoms with E-state index in [0.717, 1.165) is 18.1 Å². The largest absolute Gasteiger partial charge is 0.317 e. The van der Waals surface area contributed by atoms with Crippen molar-refractivity contribution in [3.63, 3.8) is 0 Å². The summed E-state index contributed by atoms with van der Waals surface area (Å²) in [6.07, 6.45) is 11.3. The lowest BCUT2D eigenvalue weighted by atomic mass is 9.89. The molecule has 1 unspecified atom stereocenters. The van der Waals surface area contributed by atoms with Gasteiger partial charge in [-0.3, -0.25) is 4.90 Å². The van der Waals surface area contributed by atoms with E-state index in [1.807, 2.05) is 0 Å². The number of hydrogen-bond acceptors (Lipinski definition) is 2. The van der Waals surface area contributed by atoms with Gasteiger partial charge in [-0.05, 0) is 59.0 Å². The van der Waals surface area contributed by atoms with Gasteiger partial charge in [-0.15, -0.1) is 0 Å². The first kappa shape index (κ1) is 12.4. The first-order chi connectivity index (χ1) is 7.81. The Morgan fingerprint density at radius 2 is 1.69 bits per heavy atom. The van der Waals surface area contributed by atoms with Gasteiger partial charge in [-0.25, -0.2) is 0 Å². The molecular formula is C14H28N2. The van der Waals surface area contributed by atoms with Gasteiger partial charge in [-0.2, -0.15) is 0 Å². The standard InChI is InChI=1S/C14H28N2/c1-12-6-4-3-5-11-16(12)14-9-7-13(15-2)8-10-14/h12-15H,3-11H2,1-2H3. The first-order valence-corrected chi connectivity index (χ1v) is 7.24. The van der Waals surface area contributed by atoms with E-state index >= 15 is 0 Å². The lowest BCUT2D eigenvalue weighted by Gasteiger charge is -2.39. The van der Waals surface area contributed by atoms with Crippen molar-refractivity contribution < 1.29 is 0 Å². The number of likely N-dealkylation sites (tertiary alicyclic amines) is 1. The van der Waals surface area contributed by atoms with Crippen LogP contribution in [0.15, 0.2) is 0 Å². The molecule has 1 aliphatic heterocycles. The lowest BCUT2D eigenvalue weighted by molar-refractivity contribution is 0.107. The molecule has 1 N–H and O–H groups in total.